The van der Waals surface area contributed by atoms with Crippen molar-refractivity contribution in [1.29, 1.82) is 0 Å². The number of hydrogen-bond acceptors (Lipinski definition) is 2. The van der Waals surface area contributed by atoms with Crippen molar-refractivity contribution in [2.24, 2.45) is 0 Å². The molecule has 2 aliphatic carbocycles. The molecule has 0 aromatic heterocycles. The van der Waals surface area contributed by atoms with E-state index in [0.29, 0.717) is 17.8 Å². The first-order chi connectivity index (χ1) is 10.3. The predicted molar refractivity (Wildman–Crippen MR) is 84.6 cm³/mol. The van der Waals surface area contributed by atoms with E-state index in [2.05, 4.69) is 35.6 Å². The maximum atomic E-state index is 9.78. The van der Waals surface area contributed by atoms with Crippen molar-refractivity contribution in [2.75, 3.05) is 0 Å². The highest BCUT2D eigenvalue weighted by Gasteiger charge is 2.26. The predicted octanol–water partition coefficient (Wildman–Crippen LogP) is 3.53. The van der Waals surface area contributed by atoms with Gasteiger partial charge in [0.05, 0.1) is 0 Å². The molecule has 0 saturated heterocycles. The SMILES string of the molecule is Oc1ccc2c(c1)C(NC1Cc3ccccc3C1)CCC2. The summed E-state index contributed by atoms with van der Waals surface area (Å²) in [6.45, 7) is 0. The molecule has 1 unspecified atom stereocenters. The largest absolute Gasteiger partial charge is 0.508 e. The van der Waals surface area contributed by atoms with Gasteiger partial charge >= 0.3 is 0 Å². The Balaban J connectivity index is 1.54. The second kappa shape index (κ2) is 5.19. The average Bonchev–Trinajstić information content (AvgIpc) is 2.90. The number of phenolic OH excluding ortho intramolecular Hbond substituents is 1. The zero-order chi connectivity index (χ0) is 14.2. The lowest BCUT2D eigenvalue weighted by atomic mass is 9.87. The zero-order valence-electron chi connectivity index (χ0n) is 12.2. The van der Waals surface area contributed by atoms with Crippen LogP contribution < -0.4 is 5.32 Å². The summed E-state index contributed by atoms with van der Waals surface area (Å²) >= 11 is 0. The Kier molecular flexibility index (Phi) is 3.19. The summed E-state index contributed by atoms with van der Waals surface area (Å²) in [5.41, 5.74) is 5.67. The first-order valence-corrected chi connectivity index (χ1v) is 7.94. The molecule has 1 atom stereocenters. The van der Waals surface area contributed by atoms with Gasteiger partial charge in [-0.1, -0.05) is 30.3 Å². The molecule has 0 bridgehead atoms. The lowest BCUT2D eigenvalue weighted by Crippen LogP contribution is -2.35. The third-order valence-corrected chi connectivity index (χ3v) is 4.93. The molecule has 0 aliphatic heterocycles. The van der Waals surface area contributed by atoms with Crippen molar-refractivity contribution in [2.45, 2.75) is 44.2 Å². The second-order valence-electron chi connectivity index (χ2n) is 6.37. The third kappa shape index (κ3) is 2.44. The molecular weight excluding hydrogens is 258 g/mol. The Bertz CT molecular complexity index is 639. The Morgan fingerprint density at radius 3 is 2.48 bits per heavy atom. The highest BCUT2D eigenvalue weighted by Crippen LogP contribution is 2.33. The topological polar surface area (TPSA) is 32.3 Å². The minimum absolute atomic E-state index is 0.386. The molecule has 108 valence electrons. The average molecular weight is 279 g/mol. The smallest absolute Gasteiger partial charge is 0.115 e. The lowest BCUT2D eigenvalue weighted by molar-refractivity contribution is 0.397. The van der Waals surface area contributed by atoms with E-state index in [0.717, 1.165) is 19.3 Å². The van der Waals surface area contributed by atoms with Crippen LogP contribution in [0.4, 0.5) is 0 Å². The van der Waals surface area contributed by atoms with Crippen LogP contribution in [0.5, 0.6) is 5.75 Å². The number of aromatic hydroxyl groups is 1. The van der Waals surface area contributed by atoms with Gasteiger partial charge in [0.2, 0.25) is 0 Å². The zero-order valence-corrected chi connectivity index (χ0v) is 12.2. The molecule has 0 heterocycles. The molecule has 2 aromatic rings. The van der Waals surface area contributed by atoms with Gasteiger partial charge in [-0.15, -0.1) is 0 Å². The van der Waals surface area contributed by atoms with Crippen LogP contribution in [0, 0.1) is 0 Å². The van der Waals surface area contributed by atoms with Crippen LogP contribution in [-0.2, 0) is 19.3 Å². The number of aryl methyl sites for hydroxylation is 1. The van der Waals surface area contributed by atoms with Crippen molar-refractivity contribution in [3.05, 3.63) is 64.7 Å². The number of nitrogens with one attached hydrogen (secondary N) is 1. The van der Waals surface area contributed by atoms with Crippen LogP contribution in [0.3, 0.4) is 0 Å². The van der Waals surface area contributed by atoms with Crippen molar-refractivity contribution in [3.8, 4) is 5.75 Å². The van der Waals surface area contributed by atoms with Gasteiger partial charge in [-0.3, -0.25) is 0 Å². The van der Waals surface area contributed by atoms with Crippen LogP contribution in [0.25, 0.3) is 0 Å². The van der Waals surface area contributed by atoms with E-state index in [1.807, 2.05) is 12.1 Å². The fourth-order valence-corrected chi connectivity index (χ4v) is 3.92. The van der Waals surface area contributed by atoms with E-state index in [9.17, 15) is 5.11 Å². The first kappa shape index (κ1) is 12.9. The quantitative estimate of drug-likeness (QED) is 0.881. The lowest BCUT2D eigenvalue weighted by Gasteiger charge is -2.29. The van der Waals surface area contributed by atoms with Gasteiger partial charge in [-0.25, -0.2) is 0 Å². The number of benzene rings is 2. The van der Waals surface area contributed by atoms with E-state index in [1.165, 1.54) is 35.1 Å². The highest BCUT2D eigenvalue weighted by atomic mass is 16.3. The maximum absolute atomic E-state index is 9.78. The molecule has 0 saturated carbocycles. The van der Waals surface area contributed by atoms with Gasteiger partial charge in [0, 0.05) is 12.1 Å². The van der Waals surface area contributed by atoms with E-state index >= 15 is 0 Å². The van der Waals surface area contributed by atoms with Crippen LogP contribution in [0.1, 0.15) is 41.1 Å². The summed E-state index contributed by atoms with van der Waals surface area (Å²) in [6.07, 6.45) is 5.79. The molecule has 4 rings (SSSR count). The number of hydrogen-bond donors (Lipinski definition) is 2. The fourth-order valence-electron chi connectivity index (χ4n) is 3.92. The summed E-state index contributed by atoms with van der Waals surface area (Å²) in [4.78, 5) is 0. The fraction of sp³-hybridized carbons (Fsp3) is 0.368. The summed E-state index contributed by atoms with van der Waals surface area (Å²) in [5, 5.41) is 13.6. The monoisotopic (exact) mass is 279 g/mol. The minimum Gasteiger partial charge on any atom is -0.508 e. The molecule has 2 aliphatic rings. The van der Waals surface area contributed by atoms with Crippen LogP contribution in [0.15, 0.2) is 42.5 Å². The van der Waals surface area contributed by atoms with Crippen LogP contribution in [-0.4, -0.2) is 11.1 Å². The molecule has 0 fully saturated rings. The van der Waals surface area contributed by atoms with Gasteiger partial charge in [0.1, 0.15) is 5.75 Å². The molecule has 2 aromatic carbocycles. The third-order valence-electron chi connectivity index (χ3n) is 4.93. The van der Waals surface area contributed by atoms with Gasteiger partial charge < -0.3 is 10.4 Å². The Morgan fingerprint density at radius 2 is 1.71 bits per heavy atom. The van der Waals surface area contributed by atoms with Gasteiger partial charge in [-0.05, 0) is 66.5 Å². The highest BCUT2D eigenvalue weighted by molar-refractivity contribution is 5.39. The number of fused-ring (bicyclic) bond motifs is 2. The molecule has 0 amide bonds. The number of phenols is 1. The molecule has 0 radical (unpaired) electrons. The second-order valence-corrected chi connectivity index (χ2v) is 6.37. The summed E-state index contributed by atoms with van der Waals surface area (Å²) in [5.74, 6) is 0.386. The van der Waals surface area contributed by atoms with E-state index in [4.69, 9.17) is 0 Å². The molecular formula is C19H21NO. The van der Waals surface area contributed by atoms with Crippen molar-refractivity contribution in [1.82, 2.24) is 5.32 Å². The molecule has 2 N–H and O–H groups in total. The van der Waals surface area contributed by atoms with E-state index in [1.54, 1.807) is 0 Å². The van der Waals surface area contributed by atoms with Gasteiger partial charge in [0.25, 0.3) is 0 Å². The Morgan fingerprint density at radius 1 is 0.952 bits per heavy atom. The molecule has 0 spiro atoms. The van der Waals surface area contributed by atoms with Crippen molar-refractivity contribution < 1.29 is 5.11 Å². The number of rotatable bonds is 2. The summed E-state index contributed by atoms with van der Waals surface area (Å²) in [7, 11) is 0. The molecule has 2 heteroatoms. The van der Waals surface area contributed by atoms with Crippen LogP contribution in [0.2, 0.25) is 0 Å². The van der Waals surface area contributed by atoms with Crippen molar-refractivity contribution >= 4 is 0 Å². The first-order valence-electron chi connectivity index (χ1n) is 7.94. The summed E-state index contributed by atoms with van der Waals surface area (Å²) < 4.78 is 0. The van der Waals surface area contributed by atoms with E-state index < -0.39 is 0 Å². The molecule has 2 nitrogen and oxygen atoms in total. The van der Waals surface area contributed by atoms with Gasteiger partial charge in [0.15, 0.2) is 0 Å². The Labute approximate surface area is 125 Å². The normalized spacial score (nSPS) is 21.0. The standard InChI is InChI=1S/C19H21NO/c21-17-9-8-13-6-3-7-19(18(13)12-17)20-16-10-14-4-1-2-5-15(14)11-16/h1-2,4-5,8-9,12,16,19-21H,3,6-7,10-11H2. The van der Waals surface area contributed by atoms with Gasteiger partial charge in [-0.2, -0.15) is 0 Å². The van der Waals surface area contributed by atoms with E-state index in [-0.39, 0.29) is 0 Å². The Hall–Kier alpha value is -1.80. The van der Waals surface area contributed by atoms with Crippen molar-refractivity contribution in [3.63, 3.8) is 0 Å². The minimum atomic E-state index is 0.386. The molecule has 21 heavy (non-hydrogen) atoms. The summed E-state index contributed by atoms with van der Waals surface area (Å²) in [6, 6.07) is 15.5. The van der Waals surface area contributed by atoms with Crippen LogP contribution >= 0.6 is 0 Å². The maximum Gasteiger partial charge on any atom is 0.115 e.